The fourth-order valence-electron chi connectivity index (χ4n) is 2.51. The number of esters is 1. The van der Waals surface area contributed by atoms with E-state index in [0.29, 0.717) is 5.57 Å². The van der Waals surface area contributed by atoms with Crippen molar-refractivity contribution in [3.8, 4) is 0 Å². The predicted molar refractivity (Wildman–Crippen MR) is 115 cm³/mol. The van der Waals surface area contributed by atoms with Crippen LogP contribution >= 0.6 is 0 Å². The van der Waals surface area contributed by atoms with Crippen molar-refractivity contribution >= 4 is 5.97 Å². The number of hydrogen-bond donors (Lipinski definition) is 2. The Kier molecular flexibility index (Phi) is 9.93. The smallest absolute Gasteiger partial charge is 0.337 e. The van der Waals surface area contributed by atoms with E-state index in [1.54, 1.807) is 12.2 Å². The van der Waals surface area contributed by atoms with E-state index in [2.05, 4.69) is 28.8 Å². The Balaban J connectivity index is 1.83. The Morgan fingerprint density at radius 1 is 1.00 bits per heavy atom. The summed E-state index contributed by atoms with van der Waals surface area (Å²) in [5.41, 5.74) is 2.73. The third-order valence-corrected chi connectivity index (χ3v) is 4.00. The highest BCUT2D eigenvalue weighted by atomic mass is 16.5. The molecule has 0 bridgehead atoms. The standard InChI is InChI=1S/C24H28N2O2/c1-28-24(27)22-14-10-7-11-15-23(17-16-22)26-19-18-25-20-21-12-8-5-3-2-4-6-9-13-21/h2-10,12-17,25-26H,11,18-20H2,1H3/b3-2?,4-2?,5-3?,6-4?,8-5?,9-6?,10-7-,12-8?,13-9?,17-16+,21-12?,21-13?,22-14+,23-15+. The highest BCUT2D eigenvalue weighted by Crippen LogP contribution is 2.07. The maximum Gasteiger partial charge on any atom is 0.337 e. The minimum atomic E-state index is -0.338. The van der Waals surface area contributed by atoms with E-state index in [9.17, 15) is 4.79 Å². The molecule has 4 heteroatoms. The van der Waals surface area contributed by atoms with Gasteiger partial charge in [-0.05, 0) is 30.2 Å². The Bertz CT molecular complexity index is 781. The SMILES string of the molecule is COC(=O)C1=C/C=C\C/C=C(NCCNCc2ccccccccc2)\C=C\1. The lowest BCUT2D eigenvalue weighted by Gasteiger charge is -2.09. The number of ether oxygens (including phenoxy) is 1. The molecule has 0 aliphatic heterocycles. The average Bonchev–Trinajstić information content (AvgIpc) is 2.84. The maximum absolute atomic E-state index is 11.7. The summed E-state index contributed by atoms with van der Waals surface area (Å²) in [6.45, 7) is 2.41. The second-order valence-electron chi connectivity index (χ2n) is 6.13. The first-order valence-electron chi connectivity index (χ1n) is 9.45. The molecule has 0 saturated heterocycles. The number of methoxy groups -OCH3 is 1. The van der Waals surface area contributed by atoms with E-state index >= 15 is 0 Å². The van der Waals surface area contributed by atoms with Crippen LogP contribution in [0.3, 0.4) is 0 Å². The van der Waals surface area contributed by atoms with Crippen LogP contribution in [0.25, 0.3) is 0 Å². The van der Waals surface area contributed by atoms with Gasteiger partial charge in [0.25, 0.3) is 0 Å². The molecule has 0 aromatic heterocycles. The fraction of sp³-hybridized carbons (Fsp3) is 0.208. The number of carbonyl (C=O) groups excluding carboxylic acids is 1. The van der Waals surface area contributed by atoms with Crippen molar-refractivity contribution < 1.29 is 9.53 Å². The molecule has 0 heterocycles. The minimum absolute atomic E-state index is 0.338. The number of hydrogen-bond acceptors (Lipinski definition) is 4. The molecule has 0 fully saturated rings. The summed E-state index contributed by atoms with van der Waals surface area (Å²) < 4.78 is 4.80. The zero-order valence-electron chi connectivity index (χ0n) is 16.3. The molecule has 0 saturated carbocycles. The summed E-state index contributed by atoms with van der Waals surface area (Å²) in [5, 5.41) is 6.85. The van der Waals surface area contributed by atoms with Crippen LogP contribution in [0.2, 0.25) is 0 Å². The average molecular weight is 376 g/mol. The van der Waals surface area contributed by atoms with Gasteiger partial charge in [0.2, 0.25) is 0 Å². The zero-order valence-corrected chi connectivity index (χ0v) is 16.3. The number of allylic oxidation sites excluding steroid dienone is 5. The van der Waals surface area contributed by atoms with Crippen molar-refractivity contribution in [3.05, 3.63) is 108 Å². The molecule has 1 aliphatic carbocycles. The second kappa shape index (κ2) is 13.1. The van der Waals surface area contributed by atoms with Crippen LogP contribution < -0.4 is 10.6 Å². The second-order valence-corrected chi connectivity index (χ2v) is 6.13. The van der Waals surface area contributed by atoms with Crippen LogP contribution in [-0.2, 0) is 16.1 Å². The normalized spacial score (nSPS) is 19.2. The van der Waals surface area contributed by atoms with Gasteiger partial charge in [-0.15, -0.1) is 0 Å². The first-order valence-corrected chi connectivity index (χ1v) is 9.45. The monoisotopic (exact) mass is 376 g/mol. The lowest BCUT2D eigenvalue weighted by molar-refractivity contribution is -0.135. The topological polar surface area (TPSA) is 50.4 Å². The fourth-order valence-corrected chi connectivity index (χ4v) is 2.51. The molecule has 1 aliphatic rings. The van der Waals surface area contributed by atoms with Crippen molar-refractivity contribution in [2.75, 3.05) is 20.2 Å². The van der Waals surface area contributed by atoms with Gasteiger partial charge in [0.1, 0.15) is 0 Å². The van der Waals surface area contributed by atoms with Gasteiger partial charge in [-0.3, -0.25) is 0 Å². The summed E-state index contributed by atoms with van der Waals surface area (Å²) in [6.07, 6.45) is 12.2. The van der Waals surface area contributed by atoms with Crippen LogP contribution in [0.1, 0.15) is 12.0 Å². The molecule has 1 aromatic rings. The highest BCUT2D eigenvalue weighted by molar-refractivity contribution is 5.91. The van der Waals surface area contributed by atoms with E-state index in [1.165, 1.54) is 12.7 Å². The van der Waals surface area contributed by atoms with Crippen molar-refractivity contribution in [3.63, 3.8) is 0 Å². The Labute approximate surface area is 167 Å². The summed E-state index contributed by atoms with van der Waals surface area (Å²) in [4.78, 5) is 11.7. The molecule has 2 rings (SSSR count). The highest BCUT2D eigenvalue weighted by Gasteiger charge is 2.05. The quantitative estimate of drug-likeness (QED) is 0.558. The van der Waals surface area contributed by atoms with E-state index in [4.69, 9.17) is 4.74 Å². The predicted octanol–water partition coefficient (Wildman–Crippen LogP) is 3.99. The molecule has 2 N–H and O–H groups in total. The van der Waals surface area contributed by atoms with Gasteiger partial charge in [-0.25, -0.2) is 4.79 Å². The van der Waals surface area contributed by atoms with Crippen LogP contribution in [0, 0.1) is 0 Å². The molecule has 0 atom stereocenters. The third kappa shape index (κ3) is 8.52. The number of nitrogens with one attached hydrogen (secondary N) is 2. The number of carbonyl (C=O) groups is 1. The minimum Gasteiger partial charge on any atom is -0.465 e. The van der Waals surface area contributed by atoms with Gasteiger partial charge in [0, 0.05) is 25.3 Å². The molecule has 28 heavy (non-hydrogen) atoms. The molecule has 0 spiro atoms. The van der Waals surface area contributed by atoms with Gasteiger partial charge in [-0.1, -0.05) is 72.8 Å². The van der Waals surface area contributed by atoms with Crippen LogP contribution in [0.15, 0.2) is 102 Å². The van der Waals surface area contributed by atoms with Gasteiger partial charge in [-0.2, -0.15) is 0 Å². The largest absolute Gasteiger partial charge is 0.465 e. The van der Waals surface area contributed by atoms with Crippen LogP contribution in [0.5, 0.6) is 0 Å². The molecular weight excluding hydrogens is 348 g/mol. The first kappa shape index (κ1) is 21.2. The lowest BCUT2D eigenvalue weighted by atomic mass is 10.2. The molecule has 1 aromatic carbocycles. The third-order valence-electron chi connectivity index (χ3n) is 4.00. The molecule has 146 valence electrons. The van der Waals surface area contributed by atoms with E-state index < -0.39 is 0 Å². The van der Waals surface area contributed by atoms with Crippen molar-refractivity contribution in [2.45, 2.75) is 13.0 Å². The summed E-state index contributed by atoms with van der Waals surface area (Å²) >= 11 is 0. The first-order chi connectivity index (χ1) is 13.8. The zero-order chi connectivity index (χ0) is 19.9. The van der Waals surface area contributed by atoms with E-state index in [-0.39, 0.29) is 5.97 Å². The lowest BCUT2D eigenvalue weighted by Crippen LogP contribution is -2.26. The summed E-state index contributed by atoms with van der Waals surface area (Å²) in [5.74, 6) is -0.338. The molecule has 0 amide bonds. The molecule has 0 radical (unpaired) electrons. The van der Waals surface area contributed by atoms with Crippen molar-refractivity contribution in [1.82, 2.24) is 10.6 Å². The van der Waals surface area contributed by atoms with E-state index in [1.807, 2.05) is 60.7 Å². The Morgan fingerprint density at radius 3 is 2.43 bits per heavy atom. The molecule has 4 nitrogen and oxygen atoms in total. The molecule has 0 unspecified atom stereocenters. The number of rotatable bonds is 7. The molecular formula is C24H28N2O2. The van der Waals surface area contributed by atoms with Gasteiger partial charge < -0.3 is 15.4 Å². The van der Waals surface area contributed by atoms with Crippen molar-refractivity contribution in [2.24, 2.45) is 0 Å². The van der Waals surface area contributed by atoms with E-state index in [0.717, 1.165) is 31.8 Å². The Morgan fingerprint density at radius 2 is 1.71 bits per heavy atom. The summed E-state index contributed by atoms with van der Waals surface area (Å²) in [6, 6.07) is 18.4. The Hall–Kier alpha value is -3.11. The van der Waals surface area contributed by atoms with Gasteiger partial charge in [0.15, 0.2) is 0 Å². The van der Waals surface area contributed by atoms with Crippen LogP contribution in [0.4, 0.5) is 0 Å². The maximum atomic E-state index is 11.7. The van der Waals surface area contributed by atoms with Gasteiger partial charge in [0.05, 0.1) is 12.7 Å². The summed E-state index contributed by atoms with van der Waals surface area (Å²) in [7, 11) is 1.39. The van der Waals surface area contributed by atoms with Crippen molar-refractivity contribution in [1.29, 1.82) is 0 Å². The van der Waals surface area contributed by atoms with Gasteiger partial charge >= 0.3 is 5.97 Å². The van der Waals surface area contributed by atoms with Crippen LogP contribution in [-0.4, -0.2) is 26.2 Å².